The lowest BCUT2D eigenvalue weighted by atomic mass is 10.2. The van der Waals surface area contributed by atoms with Crippen molar-refractivity contribution in [1.29, 1.82) is 0 Å². The van der Waals surface area contributed by atoms with Gasteiger partial charge in [-0.25, -0.2) is 0 Å². The lowest BCUT2D eigenvalue weighted by molar-refractivity contribution is -0.146. The van der Waals surface area contributed by atoms with Crippen LogP contribution in [0.2, 0.25) is 0 Å². The Bertz CT molecular complexity index is 312. The quantitative estimate of drug-likeness (QED) is 0.580. The van der Waals surface area contributed by atoms with Crippen molar-refractivity contribution < 1.29 is 9.53 Å². The van der Waals surface area contributed by atoms with Gasteiger partial charge in [-0.15, -0.1) is 0 Å². The van der Waals surface area contributed by atoms with Gasteiger partial charge >= 0.3 is 5.97 Å². The third-order valence-corrected chi connectivity index (χ3v) is 1.95. The van der Waals surface area contributed by atoms with E-state index in [1.54, 1.807) is 6.20 Å². The lowest BCUT2D eigenvalue weighted by Gasteiger charge is -2.08. The molecular weight excluding hydrogens is 204 g/mol. The van der Waals surface area contributed by atoms with Crippen LogP contribution in [-0.2, 0) is 16.0 Å². The number of nitrogens with zero attached hydrogens (tertiary/aromatic N) is 1. The number of hydrogen-bond acceptors (Lipinski definition) is 4. The van der Waals surface area contributed by atoms with Crippen molar-refractivity contribution in [1.82, 2.24) is 10.3 Å². The first-order chi connectivity index (χ1) is 7.68. The van der Waals surface area contributed by atoms with Gasteiger partial charge < -0.3 is 10.1 Å². The van der Waals surface area contributed by atoms with E-state index in [4.69, 9.17) is 4.74 Å². The molecule has 0 saturated carbocycles. The highest BCUT2D eigenvalue weighted by molar-refractivity contribution is 5.71. The Kier molecular flexibility index (Phi) is 5.50. The fourth-order valence-corrected chi connectivity index (χ4v) is 1.27. The molecule has 1 aromatic heterocycles. The van der Waals surface area contributed by atoms with Crippen molar-refractivity contribution in [2.75, 3.05) is 13.1 Å². The molecule has 1 heterocycles. The van der Waals surface area contributed by atoms with E-state index in [0.29, 0.717) is 0 Å². The average Bonchev–Trinajstić information content (AvgIpc) is 2.25. The number of carbonyl (C=O) groups is 1. The Labute approximate surface area is 96.0 Å². The van der Waals surface area contributed by atoms with E-state index in [1.807, 2.05) is 32.2 Å². The normalized spacial score (nSPS) is 10.4. The number of pyridine rings is 1. The van der Waals surface area contributed by atoms with Crippen LogP contribution in [0.5, 0.6) is 0 Å². The fraction of sp³-hybridized carbons (Fsp3) is 0.500. The number of rotatable bonds is 6. The topological polar surface area (TPSA) is 51.2 Å². The van der Waals surface area contributed by atoms with E-state index in [9.17, 15) is 4.79 Å². The highest BCUT2D eigenvalue weighted by atomic mass is 16.5. The summed E-state index contributed by atoms with van der Waals surface area (Å²) in [5, 5.41) is 3.04. The second kappa shape index (κ2) is 6.95. The summed E-state index contributed by atoms with van der Waals surface area (Å²) in [6.07, 6.45) is 4.39. The zero-order valence-electron chi connectivity index (χ0n) is 9.77. The van der Waals surface area contributed by atoms with Crippen LogP contribution in [0.3, 0.4) is 0 Å². The third-order valence-electron chi connectivity index (χ3n) is 1.95. The molecule has 4 nitrogen and oxygen atoms in total. The predicted molar refractivity (Wildman–Crippen MR) is 62.0 cm³/mol. The third kappa shape index (κ3) is 5.46. The minimum atomic E-state index is -0.207. The molecule has 1 rings (SSSR count). The van der Waals surface area contributed by atoms with Crippen LogP contribution >= 0.6 is 0 Å². The predicted octanol–water partition coefficient (Wildman–Crippen LogP) is 1.17. The Balaban J connectivity index is 2.10. The molecule has 1 N–H and O–H groups in total. The van der Waals surface area contributed by atoms with E-state index >= 15 is 0 Å². The molecule has 0 saturated heterocycles. The molecule has 0 aromatic carbocycles. The molecule has 0 aliphatic heterocycles. The summed E-state index contributed by atoms with van der Waals surface area (Å²) in [5.41, 5.74) is 1.16. The zero-order chi connectivity index (χ0) is 11.8. The highest BCUT2D eigenvalue weighted by Gasteiger charge is 2.03. The van der Waals surface area contributed by atoms with E-state index in [-0.39, 0.29) is 18.6 Å². The number of aromatic nitrogens is 1. The Morgan fingerprint density at radius 3 is 3.00 bits per heavy atom. The van der Waals surface area contributed by atoms with Gasteiger partial charge in [0.1, 0.15) is 0 Å². The van der Waals surface area contributed by atoms with Gasteiger partial charge in [-0.3, -0.25) is 9.78 Å². The van der Waals surface area contributed by atoms with E-state index < -0.39 is 0 Å². The Hall–Kier alpha value is -1.42. The second-order valence-corrected chi connectivity index (χ2v) is 3.83. The van der Waals surface area contributed by atoms with Gasteiger partial charge in [0.05, 0.1) is 12.6 Å². The van der Waals surface area contributed by atoms with Gasteiger partial charge in [0.15, 0.2) is 0 Å². The van der Waals surface area contributed by atoms with Gasteiger partial charge in [0, 0.05) is 12.4 Å². The molecule has 1 aromatic rings. The summed E-state index contributed by atoms with van der Waals surface area (Å²) in [4.78, 5) is 15.2. The van der Waals surface area contributed by atoms with Crippen LogP contribution in [0.4, 0.5) is 0 Å². The number of hydrogen-bond donors (Lipinski definition) is 1. The van der Waals surface area contributed by atoms with E-state index in [0.717, 1.165) is 18.5 Å². The SMILES string of the molecule is CC(C)OC(=O)CNCCc1cccnc1. The van der Waals surface area contributed by atoms with Crippen molar-refractivity contribution in [3.63, 3.8) is 0 Å². The molecule has 0 unspecified atom stereocenters. The van der Waals surface area contributed by atoms with Crippen LogP contribution < -0.4 is 5.32 Å². The first kappa shape index (κ1) is 12.6. The van der Waals surface area contributed by atoms with Crippen LogP contribution in [0.15, 0.2) is 24.5 Å². The van der Waals surface area contributed by atoms with Crippen LogP contribution in [0.25, 0.3) is 0 Å². The zero-order valence-corrected chi connectivity index (χ0v) is 9.77. The molecular formula is C12H18N2O2. The fourth-order valence-electron chi connectivity index (χ4n) is 1.27. The van der Waals surface area contributed by atoms with Crippen molar-refractivity contribution in [2.45, 2.75) is 26.4 Å². The number of carbonyl (C=O) groups excluding carboxylic acids is 1. The van der Waals surface area contributed by atoms with Gasteiger partial charge in [-0.05, 0) is 38.4 Å². The van der Waals surface area contributed by atoms with Gasteiger partial charge in [0.25, 0.3) is 0 Å². The minimum Gasteiger partial charge on any atom is -0.462 e. The summed E-state index contributed by atoms with van der Waals surface area (Å²) in [5.74, 6) is -0.207. The molecule has 0 radical (unpaired) electrons. The number of esters is 1. The van der Waals surface area contributed by atoms with Crippen molar-refractivity contribution in [3.8, 4) is 0 Å². The average molecular weight is 222 g/mol. The maximum atomic E-state index is 11.2. The first-order valence-electron chi connectivity index (χ1n) is 5.47. The number of nitrogens with one attached hydrogen (secondary N) is 1. The maximum Gasteiger partial charge on any atom is 0.320 e. The monoisotopic (exact) mass is 222 g/mol. The molecule has 88 valence electrons. The van der Waals surface area contributed by atoms with Crippen LogP contribution in [0, 0.1) is 0 Å². The molecule has 4 heteroatoms. The molecule has 16 heavy (non-hydrogen) atoms. The number of ether oxygens (including phenoxy) is 1. The van der Waals surface area contributed by atoms with Crippen molar-refractivity contribution >= 4 is 5.97 Å². The molecule has 0 aliphatic rings. The largest absolute Gasteiger partial charge is 0.462 e. The van der Waals surface area contributed by atoms with Crippen molar-refractivity contribution in [2.24, 2.45) is 0 Å². The molecule has 0 spiro atoms. The van der Waals surface area contributed by atoms with Crippen LogP contribution in [0.1, 0.15) is 19.4 Å². The second-order valence-electron chi connectivity index (χ2n) is 3.83. The van der Waals surface area contributed by atoms with Crippen molar-refractivity contribution in [3.05, 3.63) is 30.1 Å². The van der Waals surface area contributed by atoms with Gasteiger partial charge in [-0.1, -0.05) is 6.07 Å². The minimum absolute atomic E-state index is 0.0485. The Morgan fingerprint density at radius 1 is 1.56 bits per heavy atom. The highest BCUT2D eigenvalue weighted by Crippen LogP contribution is 1.95. The molecule has 0 aliphatic carbocycles. The van der Waals surface area contributed by atoms with Gasteiger partial charge in [0.2, 0.25) is 0 Å². The molecule has 0 bridgehead atoms. The Morgan fingerprint density at radius 2 is 2.38 bits per heavy atom. The van der Waals surface area contributed by atoms with E-state index in [1.165, 1.54) is 0 Å². The summed E-state index contributed by atoms with van der Waals surface area (Å²) in [6, 6.07) is 3.92. The summed E-state index contributed by atoms with van der Waals surface area (Å²) in [6.45, 7) is 4.69. The summed E-state index contributed by atoms with van der Waals surface area (Å²) >= 11 is 0. The molecule has 0 atom stereocenters. The van der Waals surface area contributed by atoms with E-state index in [2.05, 4.69) is 10.3 Å². The first-order valence-corrected chi connectivity index (χ1v) is 5.47. The standard InChI is InChI=1S/C12H18N2O2/c1-10(2)16-12(15)9-14-7-5-11-4-3-6-13-8-11/h3-4,6,8,10,14H,5,7,9H2,1-2H3. The smallest absolute Gasteiger partial charge is 0.320 e. The molecule has 0 amide bonds. The maximum absolute atomic E-state index is 11.2. The molecule has 0 fully saturated rings. The lowest BCUT2D eigenvalue weighted by Crippen LogP contribution is -2.28. The van der Waals surface area contributed by atoms with Gasteiger partial charge in [-0.2, -0.15) is 0 Å². The van der Waals surface area contributed by atoms with Crippen LogP contribution in [-0.4, -0.2) is 30.1 Å². The summed E-state index contributed by atoms with van der Waals surface area (Å²) < 4.78 is 4.99. The summed E-state index contributed by atoms with van der Waals surface area (Å²) in [7, 11) is 0.